The smallest absolute Gasteiger partial charge is 0.144 e. The van der Waals surface area contributed by atoms with Gasteiger partial charge in [0.25, 0.3) is 0 Å². The van der Waals surface area contributed by atoms with Crippen LogP contribution in [0.4, 0.5) is 0 Å². The van der Waals surface area contributed by atoms with Crippen molar-refractivity contribution in [3.8, 4) is 16.9 Å². The molecule has 6 aromatic rings. The number of hydrogen-bond acceptors (Lipinski definition) is 1. The van der Waals surface area contributed by atoms with Crippen molar-refractivity contribution in [2.45, 2.75) is 0 Å². The Labute approximate surface area is 226 Å². The molecule has 0 heterocycles. The van der Waals surface area contributed by atoms with Gasteiger partial charge in [0.2, 0.25) is 0 Å². The number of para-hydroxylation sites is 1. The molecular weight excluding hydrogens is 479 g/mol. The highest BCUT2D eigenvalue weighted by Crippen LogP contribution is 2.53. The lowest BCUT2D eigenvalue weighted by atomic mass is 10.1. The van der Waals surface area contributed by atoms with Crippen LogP contribution in [0.2, 0.25) is 0 Å². The number of rotatable bonds is 5. The molecule has 0 saturated carbocycles. The lowest BCUT2D eigenvalue weighted by Crippen LogP contribution is -2.38. The van der Waals surface area contributed by atoms with Gasteiger partial charge in [0, 0.05) is 0 Å². The minimum Gasteiger partial charge on any atom is -0.872 e. The van der Waals surface area contributed by atoms with Gasteiger partial charge in [-0.1, -0.05) is 127 Å². The van der Waals surface area contributed by atoms with Gasteiger partial charge < -0.3 is 5.11 Å². The second kappa shape index (κ2) is 12.2. The maximum atomic E-state index is 11.4. The molecule has 0 aliphatic heterocycles. The first-order valence-corrected chi connectivity index (χ1v) is 14.5. The molecule has 0 aliphatic rings. The summed E-state index contributed by atoms with van der Waals surface area (Å²) in [7, 11) is -1.91. The minimum atomic E-state index is -1.91. The quantitative estimate of drug-likeness (QED) is 0.237. The third kappa shape index (κ3) is 5.30. The molecule has 0 radical (unpaired) electrons. The fourth-order valence-corrected chi connectivity index (χ4v) is 9.09. The Morgan fingerprint density at radius 3 is 0.947 bits per heavy atom. The van der Waals surface area contributed by atoms with Crippen LogP contribution in [0.15, 0.2) is 176 Å². The summed E-state index contributed by atoms with van der Waals surface area (Å²) >= 11 is 0. The monoisotopic (exact) mass is 508 g/mol. The molecule has 0 atom stereocenters. The molecule has 1 nitrogen and oxygen atoms in total. The normalized spacial score (nSPS) is 10.7. The van der Waals surface area contributed by atoms with E-state index in [9.17, 15) is 5.11 Å². The average molecular weight is 509 g/mol. The van der Waals surface area contributed by atoms with Crippen molar-refractivity contribution in [3.05, 3.63) is 176 Å². The van der Waals surface area contributed by atoms with Crippen molar-refractivity contribution in [2.24, 2.45) is 0 Å². The van der Waals surface area contributed by atoms with E-state index in [1.807, 2.05) is 42.5 Å². The molecule has 0 aliphatic carbocycles. The molecule has 0 unspecified atom stereocenters. The predicted octanol–water partition coefficient (Wildman–Crippen LogP) is 6.73. The van der Waals surface area contributed by atoms with E-state index in [1.54, 1.807) is 12.1 Å². The van der Waals surface area contributed by atoms with Crippen LogP contribution in [0.1, 0.15) is 0 Å². The van der Waals surface area contributed by atoms with Crippen LogP contribution < -0.4 is 26.3 Å². The van der Waals surface area contributed by atoms with Crippen LogP contribution in [0.25, 0.3) is 11.1 Å². The standard InChI is InChI=1S/C24H20P.C12H10O/c1-5-13-21(14-6-1)25(22-15-7-2-8-16-22,23-17-9-3-10-18-23)24-19-11-4-12-20-24;13-12-9-5-4-8-11(12)10-6-2-1-3-7-10/h1-20H;1-9,13H/q+1;/p-1. The fraction of sp³-hybridized carbons (Fsp3) is 0. The van der Waals surface area contributed by atoms with Crippen molar-refractivity contribution < 1.29 is 5.11 Å². The maximum absolute atomic E-state index is 11.4. The van der Waals surface area contributed by atoms with Crippen LogP contribution >= 0.6 is 7.26 Å². The van der Waals surface area contributed by atoms with E-state index < -0.39 is 7.26 Å². The second-order valence-corrected chi connectivity index (χ2v) is 12.3. The molecule has 6 aromatic carbocycles. The van der Waals surface area contributed by atoms with Crippen LogP contribution in [0.3, 0.4) is 0 Å². The molecular formula is C36H29OP. The summed E-state index contributed by atoms with van der Waals surface area (Å²) in [4.78, 5) is 0. The van der Waals surface area contributed by atoms with Crippen molar-refractivity contribution >= 4 is 28.5 Å². The van der Waals surface area contributed by atoms with Crippen molar-refractivity contribution in [3.63, 3.8) is 0 Å². The highest BCUT2D eigenvalue weighted by atomic mass is 31.2. The Bertz CT molecular complexity index is 1370. The van der Waals surface area contributed by atoms with E-state index in [-0.39, 0.29) is 5.75 Å². The van der Waals surface area contributed by atoms with E-state index in [0.29, 0.717) is 0 Å². The molecule has 2 heteroatoms. The lowest BCUT2D eigenvalue weighted by Gasteiger charge is -2.27. The Balaban J connectivity index is 0.000000190. The highest BCUT2D eigenvalue weighted by Gasteiger charge is 2.47. The molecule has 0 aromatic heterocycles. The van der Waals surface area contributed by atoms with Crippen LogP contribution in [0, 0.1) is 0 Å². The zero-order valence-electron chi connectivity index (χ0n) is 21.1. The van der Waals surface area contributed by atoms with Crippen molar-refractivity contribution in [1.82, 2.24) is 0 Å². The Hall–Kier alpha value is -4.45. The first-order chi connectivity index (χ1) is 18.8. The van der Waals surface area contributed by atoms with E-state index >= 15 is 0 Å². The predicted molar refractivity (Wildman–Crippen MR) is 163 cm³/mol. The Kier molecular flexibility index (Phi) is 8.09. The zero-order valence-corrected chi connectivity index (χ0v) is 22.0. The van der Waals surface area contributed by atoms with Crippen LogP contribution in [0.5, 0.6) is 5.75 Å². The van der Waals surface area contributed by atoms with Gasteiger partial charge in [-0.3, -0.25) is 0 Å². The van der Waals surface area contributed by atoms with Gasteiger partial charge in [0.05, 0.1) is 0 Å². The SMILES string of the molecule is [O-]c1ccccc1-c1ccccc1.c1ccc([P+](c2ccccc2)(c2ccccc2)c2ccccc2)cc1. The first-order valence-electron chi connectivity index (χ1n) is 12.7. The summed E-state index contributed by atoms with van der Waals surface area (Å²) in [5.74, 6) is 0.0775. The van der Waals surface area contributed by atoms with E-state index in [0.717, 1.165) is 11.1 Å². The summed E-state index contributed by atoms with van der Waals surface area (Å²) in [5, 5.41) is 17.0. The summed E-state index contributed by atoms with van der Waals surface area (Å²) in [6, 6.07) is 60.6. The van der Waals surface area contributed by atoms with Gasteiger partial charge in [-0.25, -0.2) is 0 Å². The third-order valence-electron chi connectivity index (χ3n) is 6.55. The van der Waals surface area contributed by atoms with Gasteiger partial charge in [-0.2, -0.15) is 0 Å². The summed E-state index contributed by atoms with van der Waals surface area (Å²) in [6.45, 7) is 0. The second-order valence-electron chi connectivity index (χ2n) is 8.88. The largest absolute Gasteiger partial charge is 0.872 e. The highest BCUT2D eigenvalue weighted by molar-refractivity contribution is 8.01. The zero-order chi connectivity index (χ0) is 26.0. The molecule has 184 valence electrons. The van der Waals surface area contributed by atoms with Crippen molar-refractivity contribution in [2.75, 3.05) is 0 Å². The third-order valence-corrected chi connectivity index (χ3v) is 10.8. The van der Waals surface area contributed by atoms with Gasteiger partial charge in [-0.15, -0.1) is 5.75 Å². The first kappa shape index (κ1) is 25.2. The van der Waals surface area contributed by atoms with E-state index in [2.05, 4.69) is 121 Å². The molecule has 6 rings (SSSR count). The Morgan fingerprint density at radius 1 is 0.316 bits per heavy atom. The van der Waals surface area contributed by atoms with Gasteiger partial charge in [-0.05, 0) is 59.7 Å². The van der Waals surface area contributed by atoms with E-state index in [4.69, 9.17) is 0 Å². The molecule has 0 amide bonds. The molecule has 0 bridgehead atoms. The summed E-state index contributed by atoms with van der Waals surface area (Å²) in [5.41, 5.74) is 1.75. The van der Waals surface area contributed by atoms with E-state index in [1.165, 1.54) is 21.2 Å². The van der Waals surface area contributed by atoms with Crippen LogP contribution in [-0.2, 0) is 0 Å². The summed E-state index contributed by atoms with van der Waals surface area (Å²) in [6.07, 6.45) is 0. The fourth-order valence-electron chi connectivity index (χ4n) is 4.82. The minimum absolute atomic E-state index is 0.0775. The average Bonchev–Trinajstić information content (AvgIpc) is 3.01. The van der Waals surface area contributed by atoms with Gasteiger partial charge in [0.1, 0.15) is 28.5 Å². The molecule has 38 heavy (non-hydrogen) atoms. The van der Waals surface area contributed by atoms with Crippen LogP contribution in [-0.4, -0.2) is 0 Å². The topological polar surface area (TPSA) is 23.1 Å². The molecule has 0 fully saturated rings. The van der Waals surface area contributed by atoms with Crippen molar-refractivity contribution in [1.29, 1.82) is 0 Å². The van der Waals surface area contributed by atoms with Gasteiger partial charge in [0.15, 0.2) is 0 Å². The summed E-state index contributed by atoms with van der Waals surface area (Å²) < 4.78 is 0. The van der Waals surface area contributed by atoms with Gasteiger partial charge >= 0.3 is 0 Å². The molecule has 0 saturated heterocycles. The number of hydrogen-bond donors (Lipinski definition) is 0. The lowest BCUT2D eigenvalue weighted by molar-refractivity contribution is -0.267. The molecule has 0 N–H and O–H groups in total. The Morgan fingerprint density at radius 2 is 0.605 bits per heavy atom. The molecule has 0 spiro atoms. The maximum Gasteiger partial charge on any atom is 0.144 e. The number of benzene rings is 6.